The molecule has 0 unspecified atom stereocenters. The minimum absolute atomic E-state index is 0.0311. The summed E-state index contributed by atoms with van der Waals surface area (Å²) in [7, 11) is 1.65. The van der Waals surface area contributed by atoms with Gasteiger partial charge in [0.05, 0.1) is 17.3 Å². The molecule has 2 aromatic rings. The fourth-order valence-corrected chi connectivity index (χ4v) is 2.18. The van der Waals surface area contributed by atoms with E-state index in [4.69, 9.17) is 9.15 Å². The predicted octanol–water partition coefficient (Wildman–Crippen LogP) is 2.52. The van der Waals surface area contributed by atoms with E-state index in [0.717, 1.165) is 5.75 Å². The molecule has 8 heteroatoms. The van der Waals surface area contributed by atoms with E-state index in [1.807, 2.05) is 0 Å². The van der Waals surface area contributed by atoms with Crippen LogP contribution in [0.4, 0.5) is 5.69 Å². The summed E-state index contributed by atoms with van der Waals surface area (Å²) in [6.07, 6.45) is 0. The van der Waals surface area contributed by atoms with Gasteiger partial charge in [0.25, 0.3) is 5.69 Å². The maximum atomic E-state index is 10.6. The highest BCUT2D eigenvalue weighted by atomic mass is 32.2. The Morgan fingerprint density at radius 1 is 1.35 bits per heavy atom. The number of ether oxygens (including phenoxy) is 1. The van der Waals surface area contributed by atoms with E-state index in [0.29, 0.717) is 29.7 Å². The van der Waals surface area contributed by atoms with Crippen LogP contribution in [-0.4, -0.2) is 34.6 Å². The van der Waals surface area contributed by atoms with E-state index in [1.54, 1.807) is 31.0 Å². The average Bonchev–Trinajstić information content (AvgIpc) is 2.92. The highest BCUT2D eigenvalue weighted by Gasteiger charge is 2.10. The number of aromatic nitrogens is 2. The van der Waals surface area contributed by atoms with Gasteiger partial charge in [0.15, 0.2) is 0 Å². The van der Waals surface area contributed by atoms with Crippen LogP contribution in [0.15, 0.2) is 28.7 Å². The van der Waals surface area contributed by atoms with Crippen molar-refractivity contribution in [3.8, 4) is 11.5 Å². The van der Waals surface area contributed by atoms with E-state index in [2.05, 4.69) is 10.2 Å². The molecule has 0 amide bonds. The van der Waals surface area contributed by atoms with Crippen LogP contribution < -0.4 is 0 Å². The van der Waals surface area contributed by atoms with Gasteiger partial charge in [-0.05, 0) is 12.1 Å². The topological polar surface area (TPSA) is 91.3 Å². The molecule has 0 bridgehead atoms. The third-order valence-corrected chi connectivity index (χ3v) is 3.36. The van der Waals surface area contributed by atoms with Crippen LogP contribution in [0.3, 0.4) is 0 Å². The summed E-state index contributed by atoms with van der Waals surface area (Å²) < 4.78 is 10.4. The molecule has 0 spiro atoms. The first kappa shape index (κ1) is 14.5. The van der Waals surface area contributed by atoms with Gasteiger partial charge >= 0.3 is 0 Å². The third-order valence-electron chi connectivity index (χ3n) is 2.45. The summed E-state index contributed by atoms with van der Waals surface area (Å²) in [5.74, 6) is 2.36. The van der Waals surface area contributed by atoms with Crippen molar-refractivity contribution >= 4 is 17.4 Å². The first-order valence-electron chi connectivity index (χ1n) is 5.84. The Hall–Kier alpha value is -1.93. The molecule has 0 saturated heterocycles. The molecule has 0 radical (unpaired) electrons. The lowest BCUT2D eigenvalue weighted by Gasteiger charge is -1.96. The second-order valence-electron chi connectivity index (χ2n) is 3.85. The van der Waals surface area contributed by atoms with E-state index >= 15 is 0 Å². The van der Waals surface area contributed by atoms with Gasteiger partial charge in [-0.1, -0.05) is 0 Å². The fraction of sp³-hybridized carbons (Fsp3) is 0.333. The van der Waals surface area contributed by atoms with Crippen LogP contribution in [0.25, 0.3) is 11.5 Å². The Balaban J connectivity index is 1.99. The van der Waals surface area contributed by atoms with Gasteiger partial charge in [-0.15, -0.1) is 22.0 Å². The van der Waals surface area contributed by atoms with E-state index < -0.39 is 4.92 Å². The number of non-ortho nitro benzene ring substituents is 1. The molecule has 106 valence electrons. The Morgan fingerprint density at radius 2 is 2.10 bits per heavy atom. The van der Waals surface area contributed by atoms with Gasteiger partial charge in [-0.3, -0.25) is 10.1 Å². The average molecular weight is 295 g/mol. The minimum atomic E-state index is -0.449. The van der Waals surface area contributed by atoms with Crippen LogP contribution >= 0.6 is 11.8 Å². The van der Waals surface area contributed by atoms with Crippen molar-refractivity contribution in [2.24, 2.45) is 0 Å². The number of thioether (sulfide) groups is 1. The number of methoxy groups -OCH3 is 1. The number of rotatable bonds is 7. The van der Waals surface area contributed by atoms with Crippen LogP contribution in [0.1, 0.15) is 5.89 Å². The van der Waals surface area contributed by atoms with E-state index in [9.17, 15) is 10.1 Å². The first-order valence-corrected chi connectivity index (χ1v) is 7.00. The summed E-state index contributed by atoms with van der Waals surface area (Å²) >= 11 is 1.64. The molecular weight excluding hydrogens is 282 g/mol. The molecule has 0 saturated carbocycles. The largest absolute Gasteiger partial charge is 0.420 e. The second-order valence-corrected chi connectivity index (χ2v) is 4.96. The van der Waals surface area contributed by atoms with E-state index in [1.165, 1.54) is 12.1 Å². The molecule has 0 aliphatic heterocycles. The quantitative estimate of drug-likeness (QED) is 0.440. The third kappa shape index (κ3) is 3.78. The lowest BCUT2D eigenvalue weighted by Crippen LogP contribution is -1.92. The van der Waals surface area contributed by atoms with Crippen molar-refractivity contribution in [3.63, 3.8) is 0 Å². The van der Waals surface area contributed by atoms with Gasteiger partial charge in [-0.25, -0.2) is 0 Å². The number of nitro benzene ring substituents is 1. The van der Waals surface area contributed by atoms with Crippen LogP contribution in [-0.2, 0) is 10.5 Å². The highest BCUT2D eigenvalue weighted by molar-refractivity contribution is 7.98. The number of hydrogen-bond donors (Lipinski definition) is 0. The smallest absolute Gasteiger partial charge is 0.269 e. The molecule has 1 aromatic carbocycles. The summed E-state index contributed by atoms with van der Waals surface area (Å²) in [6.45, 7) is 0.675. The summed E-state index contributed by atoms with van der Waals surface area (Å²) in [5.41, 5.74) is 0.694. The van der Waals surface area contributed by atoms with E-state index in [-0.39, 0.29) is 5.69 Å². The van der Waals surface area contributed by atoms with Gasteiger partial charge < -0.3 is 9.15 Å². The number of nitro groups is 1. The zero-order chi connectivity index (χ0) is 14.4. The van der Waals surface area contributed by atoms with Gasteiger partial charge in [0.2, 0.25) is 11.8 Å². The first-order chi connectivity index (χ1) is 9.70. The Kier molecular flexibility index (Phi) is 5.08. The molecule has 0 N–H and O–H groups in total. The highest BCUT2D eigenvalue weighted by Crippen LogP contribution is 2.22. The molecule has 1 aromatic heterocycles. The normalized spacial score (nSPS) is 10.7. The fourth-order valence-electron chi connectivity index (χ4n) is 1.46. The van der Waals surface area contributed by atoms with Crippen molar-refractivity contribution in [3.05, 3.63) is 40.3 Å². The summed E-state index contributed by atoms with van der Waals surface area (Å²) in [4.78, 5) is 10.1. The maximum absolute atomic E-state index is 10.6. The molecule has 20 heavy (non-hydrogen) atoms. The number of benzene rings is 1. The van der Waals surface area contributed by atoms with Gasteiger partial charge in [0, 0.05) is 30.6 Å². The summed E-state index contributed by atoms with van der Waals surface area (Å²) in [6, 6.07) is 6.00. The zero-order valence-electron chi connectivity index (χ0n) is 10.8. The Bertz CT molecular complexity index is 570. The maximum Gasteiger partial charge on any atom is 0.269 e. The molecule has 0 aliphatic carbocycles. The van der Waals surface area contributed by atoms with Crippen molar-refractivity contribution in [1.82, 2.24) is 10.2 Å². The van der Waals surface area contributed by atoms with Crippen molar-refractivity contribution < 1.29 is 14.1 Å². The lowest BCUT2D eigenvalue weighted by atomic mass is 10.2. The monoisotopic (exact) mass is 295 g/mol. The van der Waals surface area contributed by atoms with Crippen molar-refractivity contribution in [2.75, 3.05) is 19.5 Å². The minimum Gasteiger partial charge on any atom is -0.420 e. The molecule has 1 heterocycles. The molecule has 0 aliphatic rings. The van der Waals surface area contributed by atoms with Crippen LogP contribution in [0, 0.1) is 10.1 Å². The molecule has 2 rings (SSSR count). The van der Waals surface area contributed by atoms with Crippen LogP contribution in [0.2, 0.25) is 0 Å². The molecule has 0 fully saturated rings. The van der Waals surface area contributed by atoms with Gasteiger partial charge in [0.1, 0.15) is 0 Å². The molecule has 0 atom stereocenters. The van der Waals surface area contributed by atoms with Crippen molar-refractivity contribution in [1.29, 1.82) is 0 Å². The predicted molar refractivity (Wildman–Crippen MR) is 74.4 cm³/mol. The zero-order valence-corrected chi connectivity index (χ0v) is 11.6. The number of hydrogen-bond acceptors (Lipinski definition) is 7. The second kappa shape index (κ2) is 7.01. The Morgan fingerprint density at radius 3 is 2.75 bits per heavy atom. The van der Waals surface area contributed by atoms with Gasteiger partial charge in [-0.2, -0.15) is 0 Å². The number of nitrogens with zero attached hydrogens (tertiary/aromatic N) is 3. The summed E-state index contributed by atoms with van der Waals surface area (Å²) in [5, 5.41) is 18.4. The van der Waals surface area contributed by atoms with Crippen molar-refractivity contribution in [2.45, 2.75) is 5.75 Å². The van der Waals surface area contributed by atoms with Crippen LogP contribution in [0.5, 0.6) is 0 Å². The standard InChI is InChI=1S/C12H13N3O4S/c1-18-6-7-20-8-11-13-14-12(19-11)9-2-4-10(5-3-9)15(16)17/h2-5H,6-8H2,1H3. The molecule has 7 nitrogen and oxygen atoms in total. The Labute approximate surface area is 119 Å². The lowest BCUT2D eigenvalue weighted by molar-refractivity contribution is -0.384. The molecular formula is C12H13N3O4S. The SMILES string of the molecule is COCCSCc1nnc(-c2ccc([N+](=O)[O-])cc2)o1.